The monoisotopic (exact) mass is 449 g/mol. The molecule has 2 heterocycles. The summed E-state index contributed by atoms with van der Waals surface area (Å²) in [6.45, 7) is 6.91. The molecule has 3 N–H and O–H groups in total. The van der Waals surface area contributed by atoms with E-state index in [9.17, 15) is 4.79 Å². The Morgan fingerprint density at radius 2 is 2.21 bits per heavy atom. The summed E-state index contributed by atoms with van der Waals surface area (Å²) in [5.74, 6) is 2.54. The summed E-state index contributed by atoms with van der Waals surface area (Å²) < 4.78 is 1.97. The summed E-state index contributed by atoms with van der Waals surface area (Å²) in [7, 11) is 1.70. The highest BCUT2D eigenvalue weighted by atomic mass is 127. The standard InChI is InChI=1S/C15H27N7O.HI/c1-5-12-20-13-7-6-11(9-22(13)21-12)19-15(16-4)17-8-14(23)18-10(2)3;/h10-11H,5-9H2,1-4H3,(H,18,23)(H2,16,17,19);1H. The first-order valence-electron chi connectivity index (χ1n) is 8.21. The maximum atomic E-state index is 11.7. The minimum absolute atomic E-state index is 0. The molecule has 0 fully saturated rings. The molecule has 0 saturated heterocycles. The average molecular weight is 449 g/mol. The van der Waals surface area contributed by atoms with Crippen LogP contribution in [0.2, 0.25) is 0 Å². The first-order valence-corrected chi connectivity index (χ1v) is 8.21. The van der Waals surface area contributed by atoms with E-state index < -0.39 is 0 Å². The van der Waals surface area contributed by atoms with E-state index in [-0.39, 0.29) is 48.5 Å². The number of fused-ring (bicyclic) bond motifs is 1. The van der Waals surface area contributed by atoms with E-state index in [0.717, 1.165) is 37.5 Å². The number of aromatic nitrogens is 3. The molecular weight excluding hydrogens is 421 g/mol. The van der Waals surface area contributed by atoms with Gasteiger partial charge < -0.3 is 16.0 Å². The van der Waals surface area contributed by atoms with Crippen LogP contribution in [0.5, 0.6) is 0 Å². The van der Waals surface area contributed by atoms with Crippen molar-refractivity contribution in [1.82, 2.24) is 30.7 Å². The van der Waals surface area contributed by atoms with Crippen LogP contribution in [0.4, 0.5) is 0 Å². The Balaban J connectivity index is 0.00000288. The molecule has 0 bridgehead atoms. The predicted octanol–water partition coefficient (Wildman–Crippen LogP) is 0.463. The normalized spacial score (nSPS) is 17.0. The summed E-state index contributed by atoms with van der Waals surface area (Å²) in [5, 5.41) is 13.7. The number of guanidine groups is 1. The topological polar surface area (TPSA) is 96.2 Å². The van der Waals surface area contributed by atoms with Crippen LogP contribution in [0.3, 0.4) is 0 Å². The molecule has 9 heteroatoms. The van der Waals surface area contributed by atoms with Crippen molar-refractivity contribution in [3.05, 3.63) is 11.6 Å². The van der Waals surface area contributed by atoms with Gasteiger partial charge in [0.25, 0.3) is 0 Å². The zero-order chi connectivity index (χ0) is 16.8. The number of carbonyl (C=O) groups excluding carboxylic acids is 1. The van der Waals surface area contributed by atoms with Crippen molar-refractivity contribution in [3.63, 3.8) is 0 Å². The zero-order valence-electron chi connectivity index (χ0n) is 14.8. The Morgan fingerprint density at radius 1 is 1.46 bits per heavy atom. The number of amides is 1. The van der Waals surface area contributed by atoms with Crippen molar-refractivity contribution < 1.29 is 4.79 Å². The van der Waals surface area contributed by atoms with Gasteiger partial charge in [-0.25, -0.2) is 9.67 Å². The third-order valence-electron chi connectivity index (χ3n) is 3.65. The van der Waals surface area contributed by atoms with Crippen molar-refractivity contribution in [2.75, 3.05) is 13.6 Å². The summed E-state index contributed by atoms with van der Waals surface area (Å²) in [6.07, 6.45) is 2.72. The fourth-order valence-corrected chi connectivity index (χ4v) is 2.55. The number of nitrogens with zero attached hydrogens (tertiary/aromatic N) is 4. The van der Waals surface area contributed by atoms with E-state index in [2.05, 4.69) is 37.9 Å². The molecule has 0 saturated carbocycles. The number of aryl methyl sites for hydroxylation is 2. The van der Waals surface area contributed by atoms with Gasteiger partial charge in [-0.1, -0.05) is 6.92 Å². The van der Waals surface area contributed by atoms with E-state index in [1.165, 1.54) is 0 Å². The second-order valence-electron chi connectivity index (χ2n) is 6.01. The van der Waals surface area contributed by atoms with Gasteiger partial charge in [-0.15, -0.1) is 24.0 Å². The molecule has 0 radical (unpaired) electrons. The van der Waals surface area contributed by atoms with Gasteiger partial charge in [0.2, 0.25) is 5.91 Å². The van der Waals surface area contributed by atoms with Crippen LogP contribution in [0.25, 0.3) is 0 Å². The zero-order valence-corrected chi connectivity index (χ0v) is 17.1. The molecule has 0 aliphatic carbocycles. The number of nitrogens with one attached hydrogen (secondary N) is 3. The highest BCUT2D eigenvalue weighted by Crippen LogP contribution is 2.13. The Bertz CT molecular complexity index is 570. The highest BCUT2D eigenvalue weighted by molar-refractivity contribution is 14.0. The third kappa shape index (κ3) is 5.91. The second-order valence-corrected chi connectivity index (χ2v) is 6.01. The fraction of sp³-hybridized carbons (Fsp3) is 0.733. The first-order chi connectivity index (χ1) is 11.0. The largest absolute Gasteiger partial charge is 0.352 e. The number of hydrogen-bond acceptors (Lipinski definition) is 4. The summed E-state index contributed by atoms with van der Waals surface area (Å²) >= 11 is 0. The maximum Gasteiger partial charge on any atom is 0.239 e. The molecule has 0 spiro atoms. The lowest BCUT2D eigenvalue weighted by Crippen LogP contribution is -2.49. The third-order valence-corrected chi connectivity index (χ3v) is 3.65. The van der Waals surface area contributed by atoms with Crippen molar-refractivity contribution in [2.45, 2.75) is 58.7 Å². The predicted molar refractivity (Wildman–Crippen MR) is 105 cm³/mol. The van der Waals surface area contributed by atoms with E-state index >= 15 is 0 Å². The number of aliphatic imine (C=N–C) groups is 1. The van der Waals surface area contributed by atoms with Gasteiger partial charge in [-0.2, -0.15) is 5.10 Å². The Labute approximate surface area is 160 Å². The van der Waals surface area contributed by atoms with Crippen molar-refractivity contribution >= 4 is 35.8 Å². The van der Waals surface area contributed by atoms with Crippen LogP contribution in [0, 0.1) is 0 Å². The number of carbonyl (C=O) groups is 1. The molecular formula is C15H28IN7O. The Morgan fingerprint density at radius 3 is 2.83 bits per heavy atom. The van der Waals surface area contributed by atoms with Crippen LogP contribution >= 0.6 is 24.0 Å². The molecule has 1 aromatic rings. The average Bonchev–Trinajstić information content (AvgIpc) is 2.93. The van der Waals surface area contributed by atoms with E-state index in [1.807, 2.05) is 18.5 Å². The van der Waals surface area contributed by atoms with E-state index in [0.29, 0.717) is 5.96 Å². The summed E-state index contributed by atoms with van der Waals surface area (Å²) in [5.41, 5.74) is 0. The quantitative estimate of drug-likeness (QED) is 0.345. The smallest absolute Gasteiger partial charge is 0.239 e. The van der Waals surface area contributed by atoms with Crippen LogP contribution in [0.15, 0.2) is 4.99 Å². The molecule has 1 aromatic heterocycles. The van der Waals surface area contributed by atoms with Crippen LogP contribution in [-0.4, -0.2) is 52.3 Å². The van der Waals surface area contributed by atoms with Crippen molar-refractivity contribution in [1.29, 1.82) is 0 Å². The molecule has 136 valence electrons. The molecule has 1 atom stereocenters. The molecule has 2 rings (SSSR count). The molecule has 1 aliphatic heterocycles. The molecule has 1 unspecified atom stereocenters. The maximum absolute atomic E-state index is 11.7. The van der Waals surface area contributed by atoms with Crippen molar-refractivity contribution in [3.8, 4) is 0 Å². The minimum atomic E-state index is -0.0438. The first kappa shape index (κ1) is 20.7. The van der Waals surface area contributed by atoms with Crippen LogP contribution in [0.1, 0.15) is 38.8 Å². The lowest BCUT2D eigenvalue weighted by molar-refractivity contribution is -0.120. The lowest BCUT2D eigenvalue weighted by Gasteiger charge is -2.25. The number of rotatable bonds is 5. The molecule has 24 heavy (non-hydrogen) atoms. The van der Waals surface area contributed by atoms with Gasteiger partial charge in [0.15, 0.2) is 11.8 Å². The van der Waals surface area contributed by atoms with Crippen molar-refractivity contribution in [2.24, 2.45) is 4.99 Å². The van der Waals surface area contributed by atoms with Crippen LogP contribution in [-0.2, 0) is 24.2 Å². The van der Waals surface area contributed by atoms with Crippen LogP contribution < -0.4 is 16.0 Å². The highest BCUT2D eigenvalue weighted by Gasteiger charge is 2.22. The SMILES string of the molecule is CCc1nc2n(n1)CC(NC(=NC)NCC(=O)NC(C)C)CC2.I. The molecule has 8 nitrogen and oxygen atoms in total. The summed E-state index contributed by atoms with van der Waals surface area (Å²) in [4.78, 5) is 20.4. The van der Waals surface area contributed by atoms with E-state index in [1.54, 1.807) is 7.05 Å². The lowest BCUT2D eigenvalue weighted by atomic mass is 10.1. The van der Waals surface area contributed by atoms with Gasteiger partial charge in [0.1, 0.15) is 5.82 Å². The van der Waals surface area contributed by atoms with E-state index in [4.69, 9.17) is 0 Å². The second kappa shape index (κ2) is 9.80. The van der Waals surface area contributed by atoms with Gasteiger partial charge in [0.05, 0.1) is 13.1 Å². The molecule has 0 aromatic carbocycles. The Hall–Kier alpha value is -1.39. The van der Waals surface area contributed by atoms with Gasteiger partial charge in [-0.05, 0) is 20.3 Å². The number of hydrogen-bond donors (Lipinski definition) is 3. The minimum Gasteiger partial charge on any atom is -0.352 e. The fourth-order valence-electron chi connectivity index (χ4n) is 2.55. The van der Waals surface area contributed by atoms with Gasteiger partial charge in [-0.3, -0.25) is 9.79 Å². The van der Waals surface area contributed by atoms with Gasteiger partial charge in [0, 0.05) is 32.0 Å². The number of halogens is 1. The Kier molecular flexibility index (Phi) is 8.43. The molecule has 1 amide bonds. The molecule has 1 aliphatic rings. The van der Waals surface area contributed by atoms with Gasteiger partial charge >= 0.3 is 0 Å². The summed E-state index contributed by atoms with van der Waals surface area (Å²) in [6, 6.07) is 0.365.